The van der Waals surface area contributed by atoms with Crippen molar-refractivity contribution in [2.45, 2.75) is 20.0 Å². The minimum absolute atomic E-state index is 0.0905. The normalized spacial score (nSPS) is 11.4. The van der Waals surface area contributed by atoms with Gasteiger partial charge in [-0.1, -0.05) is 0 Å². The molecule has 0 spiro atoms. The Hall–Kier alpha value is -1.59. The van der Waals surface area contributed by atoms with Crippen molar-refractivity contribution in [2.24, 2.45) is 0 Å². The van der Waals surface area contributed by atoms with Crippen molar-refractivity contribution in [3.05, 3.63) is 29.1 Å². The summed E-state index contributed by atoms with van der Waals surface area (Å²) in [6.45, 7) is 2.46. The SMILES string of the molecule is CCOc1c(C(C)=O)ccc(F)c1C(F)(F)F. The van der Waals surface area contributed by atoms with Crippen LogP contribution in [-0.4, -0.2) is 12.4 Å². The lowest BCUT2D eigenvalue weighted by Crippen LogP contribution is -2.14. The van der Waals surface area contributed by atoms with Gasteiger partial charge in [0.2, 0.25) is 0 Å². The zero-order valence-electron chi connectivity index (χ0n) is 9.19. The van der Waals surface area contributed by atoms with Crippen LogP contribution in [-0.2, 0) is 6.18 Å². The predicted octanol–water partition coefficient (Wildman–Crippen LogP) is 3.45. The average Bonchev–Trinajstić information content (AvgIpc) is 2.15. The predicted molar refractivity (Wildman–Crippen MR) is 52.6 cm³/mol. The van der Waals surface area contributed by atoms with Crippen LogP contribution in [0.2, 0.25) is 0 Å². The van der Waals surface area contributed by atoms with E-state index in [1.54, 1.807) is 0 Å². The summed E-state index contributed by atoms with van der Waals surface area (Å²) in [6.07, 6.45) is -4.90. The van der Waals surface area contributed by atoms with Crippen LogP contribution < -0.4 is 4.74 Å². The average molecular weight is 250 g/mol. The summed E-state index contributed by atoms with van der Waals surface area (Å²) in [4.78, 5) is 11.2. The van der Waals surface area contributed by atoms with Crippen LogP contribution >= 0.6 is 0 Å². The van der Waals surface area contributed by atoms with Crippen LogP contribution in [0.5, 0.6) is 5.75 Å². The van der Waals surface area contributed by atoms with Gasteiger partial charge in [-0.15, -0.1) is 0 Å². The number of halogens is 4. The maximum atomic E-state index is 13.2. The molecule has 0 aromatic heterocycles. The Kier molecular flexibility index (Phi) is 3.75. The van der Waals surface area contributed by atoms with Gasteiger partial charge in [-0.2, -0.15) is 13.2 Å². The van der Waals surface area contributed by atoms with Gasteiger partial charge in [0.15, 0.2) is 5.78 Å². The first-order chi connectivity index (χ1) is 7.79. The van der Waals surface area contributed by atoms with E-state index in [2.05, 4.69) is 0 Å². The number of Topliss-reactive ketones (excluding diaryl/α,β-unsaturated/α-hetero) is 1. The highest BCUT2D eigenvalue weighted by atomic mass is 19.4. The third kappa shape index (κ3) is 2.75. The number of hydrogen-bond donors (Lipinski definition) is 0. The van der Waals surface area contributed by atoms with E-state index in [4.69, 9.17) is 4.74 Å². The van der Waals surface area contributed by atoms with Gasteiger partial charge in [0.05, 0.1) is 12.2 Å². The lowest BCUT2D eigenvalue weighted by molar-refractivity contribution is -0.141. The minimum atomic E-state index is -4.90. The lowest BCUT2D eigenvalue weighted by atomic mass is 10.0. The summed E-state index contributed by atoms with van der Waals surface area (Å²) in [6, 6.07) is 1.60. The molecule has 94 valence electrons. The minimum Gasteiger partial charge on any atom is -0.492 e. The summed E-state index contributed by atoms with van der Waals surface area (Å²) in [5.41, 5.74) is -1.81. The maximum absolute atomic E-state index is 13.2. The van der Waals surface area contributed by atoms with E-state index in [1.807, 2.05) is 0 Å². The molecule has 0 unspecified atom stereocenters. The fourth-order valence-electron chi connectivity index (χ4n) is 1.39. The highest BCUT2D eigenvalue weighted by Crippen LogP contribution is 2.40. The molecule has 1 rings (SSSR count). The van der Waals surface area contributed by atoms with E-state index in [-0.39, 0.29) is 12.2 Å². The first kappa shape index (κ1) is 13.5. The Morgan fingerprint density at radius 3 is 2.35 bits per heavy atom. The molecule has 6 heteroatoms. The third-order valence-electron chi connectivity index (χ3n) is 2.06. The fraction of sp³-hybridized carbons (Fsp3) is 0.364. The largest absolute Gasteiger partial charge is 0.492 e. The molecule has 2 nitrogen and oxygen atoms in total. The molecule has 0 aliphatic carbocycles. The highest BCUT2D eigenvalue weighted by molar-refractivity contribution is 5.97. The van der Waals surface area contributed by atoms with Crippen molar-refractivity contribution in [2.75, 3.05) is 6.61 Å². The number of carbonyl (C=O) groups excluding carboxylic acids is 1. The molecule has 1 aromatic carbocycles. The Bertz CT molecular complexity index is 438. The van der Waals surface area contributed by atoms with E-state index in [9.17, 15) is 22.4 Å². The number of benzene rings is 1. The van der Waals surface area contributed by atoms with Gasteiger partial charge >= 0.3 is 6.18 Å². The van der Waals surface area contributed by atoms with Gasteiger partial charge in [0, 0.05) is 0 Å². The number of hydrogen-bond acceptors (Lipinski definition) is 2. The van der Waals surface area contributed by atoms with Crippen LogP contribution in [0.1, 0.15) is 29.8 Å². The van der Waals surface area contributed by atoms with Crippen molar-refractivity contribution in [3.8, 4) is 5.75 Å². The maximum Gasteiger partial charge on any atom is 0.422 e. The van der Waals surface area contributed by atoms with E-state index in [1.165, 1.54) is 6.92 Å². The molecule has 0 amide bonds. The van der Waals surface area contributed by atoms with Crippen LogP contribution in [0.15, 0.2) is 12.1 Å². The standard InChI is InChI=1S/C11H10F4O2/c1-3-17-10-7(6(2)16)4-5-8(12)9(10)11(13,14)15/h4-5H,3H2,1-2H3. The molecule has 0 aliphatic rings. The van der Waals surface area contributed by atoms with Gasteiger partial charge in [0.25, 0.3) is 0 Å². The molecule has 0 heterocycles. The molecular formula is C11H10F4O2. The Balaban J connectivity index is 3.54. The summed E-state index contributed by atoms with van der Waals surface area (Å²) < 4.78 is 55.9. The molecule has 0 bridgehead atoms. The van der Waals surface area contributed by atoms with Crippen molar-refractivity contribution < 1.29 is 27.1 Å². The summed E-state index contributed by atoms with van der Waals surface area (Å²) >= 11 is 0. The monoisotopic (exact) mass is 250 g/mol. The Labute approximate surface area is 95.2 Å². The first-order valence-corrected chi connectivity index (χ1v) is 4.82. The zero-order valence-corrected chi connectivity index (χ0v) is 9.19. The number of ketones is 1. The topological polar surface area (TPSA) is 26.3 Å². The highest BCUT2D eigenvalue weighted by Gasteiger charge is 2.39. The molecule has 0 saturated carbocycles. The molecule has 0 radical (unpaired) electrons. The van der Waals surface area contributed by atoms with Gasteiger partial charge in [-0.3, -0.25) is 4.79 Å². The lowest BCUT2D eigenvalue weighted by Gasteiger charge is -2.16. The number of rotatable bonds is 3. The van der Waals surface area contributed by atoms with Crippen LogP contribution in [0.4, 0.5) is 17.6 Å². The molecule has 0 fully saturated rings. The fourth-order valence-corrected chi connectivity index (χ4v) is 1.39. The van der Waals surface area contributed by atoms with Gasteiger partial charge in [-0.25, -0.2) is 4.39 Å². The van der Waals surface area contributed by atoms with Gasteiger partial charge < -0.3 is 4.74 Å². The molecule has 0 N–H and O–H groups in total. The summed E-state index contributed by atoms with van der Waals surface area (Å²) in [5.74, 6) is -2.81. The van der Waals surface area contributed by atoms with E-state index in [0.717, 1.165) is 13.0 Å². The Morgan fingerprint density at radius 1 is 1.35 bits per heavy atom. The Morgan fingerprint density at radius 2 is 1.94 bits per heavy atom. The second kappa shape index (κ2) is 4.73. The second-order valence-corrected chi connectivity index (χ2v) is 3.29. The zero-order chi connectivity index (χ0) is 13.2. The van der Waals surface area contributed by atoms with Crippen LogP contribution in [0.25, 0.3) is 0 Å². The molecule has 1 aromatic rings. The number of ether oxygens (including phenoxy) is 1. The summed E-state index contributed by atoms with van der Waals surface area (Å²) in [7, 11) is 0. The van der Waals surface area contributed by atoms with E-state index < -0.39 is 29.1 Å². The molecular weight excluding hydrogens is 240 g/mol. The van der Waals surface area contributed by atoms with E-state index in [0.29, 0.717) is 6.07 Å². The third-order valence-corrected chi connectivity index (χ3v) is 2.06. The number of alkyl halides is 3. The second-order valence-electron chi connectivity index (χ2n) is 3.29. The molecule has 0 atom stereocenters. The molecule has 17 heavy (non-hydrogen) atoms. The van der Waals surface area contributed by atoms with Gasteiger partial charge in [-0.05, 0) is 26.0 Å². The first-order valence-electron chi connectivity index (χ1n) is 4.82. The van der Waals surface area contributed by atoms with Crippen molar-refractivity contribution in [3.63, 3.8) is 0 Å². The molecule has 0 aliphatic heterocycles. The summed E-state index contributed by atoms with van der Waals surface area (Å²) in [5, 5.41) is 0. The van der Waals surface area contributed by atoms with Crippen LogP contribution in [0.3, 0.4) is 0 Å². The van der Waals surface area contributed by atoms with Crippen molar-refractivity contribution in [1.82, 2.24) is 0 Å². The molecule has 0 saturated heterocycles. The quantitative estimate of drug-likeness (QED) is 0.606. The van der Waals surface area contributed by atoms with Crippen molar-refractivity contribution >= 4 is 5.78 Å². The van der Waals surface area contributed by atoms with E-state index >= 15 is 0 Å². The number of carbonyl (C=O) groups is 1. The van der Waals surface area contributed by atoms with Crippen molar-refractivity contribution in [1.29, 1.82) is 0 Å². The van der Waals surface area contributed by atoms with Gasteiger partial charge in [0.1, 0.15) is 17.1 Å². The van der Waals surface area contributed by atoms with Crippen LogP contribution in [0, 0.1) is 5.82 Å². The smallest absolute Gasteiger partial charge is 0.422 e.